The minimum absolute atomic E-state index is 0.112. The monoisotopic (exact) mass is 275 g/mol. The Morgan fingerprint density at radius 1 is 1.47 bits per heavy atom. The highest BCUT2D eigenvalue weighted by molar-refractivity contribution is 6.34. The maximum atomic E-state index is 11.7. The lowest BCUT2D eigenvalue weighted by Crippen LogP contribution is -2.23. The minimum atomic E-state index is -0.889. The molecule has 2 heterocycles. The van der Waals surface area contributed by atoms with Gasteiger partial charge in [-0.1, -0.05) is 23.2 Å². The molecule has 1 aromatic heterocycles. The molecular weight excluding hydrogens is 269 g/mol. The summed E-state index contributed by atoms with van der Waals surface area (Å²) in [6, 6.07) is 2.88. The molecule has 7 heteroatoms. The van der Waals surface area contributed by atoms with Gasteiger partial charge in [-0.15, -0.1) is 0 Å². The molecule has 5 nitrogen and oxygen atoms in total. The van der Waals surface area contributed by atoms with Crippen LogP contribution in [0.25, 0.3) is 0 Å². The molecule has 1 unspecified atom stereocenters. The Morgan fingerprint density at radius 3 is 2.88 bits per heavy atom. The first-order valence-electron chi connectivity index (χ1n) is 4.77. The Hall–Kier alpha value is -1.33. The van der Waals surface area contributed by atoms with Crippen molar-refractivity contribution in [1.82, 2.24) is 4.98 Å². The summed E-state index contributed by atoms with van der Waals surface area (Å²) >= 11 is 11.4. The van der Waals surface area contributed by atoms with Crippen LogP contribution in [0, 0.1) is 0 Å². The lowest BCUT2D eigenvalue weighted by molar-refractivity contribution is -0.145. The van der Waals surface area contributed by atoms with Crippen molar-refractivity contribution < 1.29 is 19.1 Å². The van der Waals surface area contributed by atoms with Crippen LogP contribution in [-0.4, -0.2) is 29.6 Å². The van der Waals surface area contributed by atoms with Gasteiger partial charge >= 0.3 is 11.9 Å². The summed E-state index contributed by atoms with van der Waals surface area (Å²) in [4.78, 5) is 26.5. The van der Waals surface area contributed by atoms with E-state index >= 15 is 0 Å². The molecule has 0 aromatic carbocycles. The van der Waals surface area contributed by atoms with Gasteiger partial charge in [-0.2, -0.15) is 0 Å². The average Bonchev–Trinajstić information content (AvgIpc) is 2.68. The minimum Gasteiger partial charge on any atom is -0.463 e. The first-order valence-corrected chi connectivity index (χ1v) is 5.53. The van der Waals surface area contributed by atoms with E-state index in [1.807, 2.05) is 0 Å². The maximum Gasteiger partial charge on any atom is 0.359 e. The van der Waals surface area contributed by atoms with Gasteiger partial charge in [-0.05, 0) is 12.1 Å². The second-order valence-electron chi connectivity index (χ2n) is 3.31. The van der Waals surface area contributed by atoms with Crippen molar-refractivity contribution >= 4 is 35.1 Å². The van der Waals surface area contributed by atoms with E-state index in [2.05, 4.69) is 9.72 Å². The first kappa shape index (κ1) is 12.1. The molecule has 90 valence electrons. The third-order valence-corrected chi connectivity index (χ3v) is 2.66. The summed E-state index contributed by atoms with van der Waals surface area (Å²) in [6.07, 6.45) is -0.553. The van der Waals surface area contributed by atoms with Crippen LogP contribution in [-0.2, 0) is 14.3 Å². The van der Waals surface area contributed by atoms with Gasteiger partial charge in [-0.3, -0.25) is 0 Å². The molecule has 0 radical (unpaired) electrons. The molecule has 17 heavy (non-hydrogen) atoms. The number of cyclic esters (lactones) is 1. The molecule has 1 fully saturated rings. The number of esters is 2. The summed E-state index contributed by atoms with van der Waals surface area (Å²) in [5.74, 6) is -1.35. The van der Waals surface area contributed by atoms with E-state index in [-0.39, 0.29) is 22.5 Å². The van der Waals surface area contributed by atoms with E-state index in [1.54, 1.807) is 0 Å². The molecule has 0 saturated carbocycles. The molecule has 1 aliphatic heterocycles. The van der Waals surface area contributed by atoms with E-state index in [9.17, 15) is 9.59 Å². The van der Waals surface area contributed by atoms with E-state index in [4.69, 9.17) is 27.9 Å². The SMILES string of the molecule is O=C(OC1CCOC1=O)c1nc(Cl)ccc1Cl. The first-order chi connectivity index (χ1) is 8.08. The van der Waals surface area contributed by atoms with Gasteiger partial charge < -0.3 is 9.47 Å². The standard InChI is InChI=1S/C10H7Cl2NO4/c11-5-1-2-7(12)13-8(5)10(15)17-6-3-4-16-9(6)14/h1-2,6H,3-4H2. The fourth-order valence-electron chi connectivity index (χ4n) is 1.33. The maximum absolute atomic E-state index is 11.7. The third-order valence-electron chi connectivity index (χ3n) is 2.14. The Morgan fingerprint density at radius 2 is 2.24 bits per heavy atom. The molecule has 1 atom stereocenters. The number of aromatic nitrogens is 1. The van der Waals surface area contributed by atoms with Crippen LogP contribution in [0.5, 0.6) is 0 Å². The topological polar surface area (TPSA) is 65.5 Å². The van der Waals surface area contributed by atoms with E-state index in [1.165, 1.54) is 12.1 Å². The molecule has 0 N–H and O–H groups in total. The van der Waals surface area contributed by atoms with Gasteiger partial charge in [0.25, 0.3) is 0 Å². The Balaban J connectivity index is 2.14. The van der Waals surface area contributed by atoms with Gasteiger partial charge in [0.2, 0.25) is 6.10 Å². The van der Waals surface area contributed by atoms with Crippen LogP contribution in [0.1, 0.15) is 16.9 Å². The molecule has 2 rings (SSSR count). The Bertz CT molecular complexity index is 477. The number of halogens is 2. The van der Waals surface area contributed by atoms with Crippen LogP contribution in [0.4, 0.5) is 0 Å². The lowest BCUT2D eigenvalue weighted by atomic mass is 10.3. The highest BCUT2D eigenvalue weighted by atomic mass is 35.5. The van der Waals surface area contributed by atoms with Crippen molar-refractivity contribution in [3.05, 3.63) is 28.0 Å². The zero-order valence-electron chi connectivity index (χ0n) is 8.48. The van der Waals surface area contributed by atoms with Crippen LogP contribution in [0.15, 0.2) is 12.1 Å². The van der Waals surface area contributed by atoms with E-state index < -0.39 is 18.0 Å². The van der Waals surface area contributed by atoms with Crippen molar-refractivity contribution in [2.45, 2.75) is 12.5 Å². The second-order valence-corrected chi connectivity index (χ2v) is 4.11. The number of rotatable bonds is 2. The van der Waals surface area contributed by atoms with Gasteiger partial charge in [0.05, 0.1) is 11.6 Å². The van der Waals surface area contributed by atoms with Crippen molar-refractivity contribution in [1.29, 1.82) is 0 Å². The van der Waals surface area contributed by atoms with E-state index in [0.717, 1.165) is 0 Å². The molecule has 1 aliphatic rings. The van der Waals surface area contributed by atoms with Crippen LogP contribution in [0.2, 0.25) is 10.2 Å². The predicted octanol–water partition coefficient (Wildman–Crippen LogP) is 1.86. The summed E-state index contributed by atoms with van der Waals surface area (Å²) in [5, 5.41) is 0.237. The number of nitrogens with zero attached hydrogens (tertiary/aromatic N) is 1. The van der Waals surface area contributed by atoms with Gasteiger partial charge in [0, 0.05) is 6.42 Å². The number of pyridine rings is 1. The van der Waals surface area contributed by atoms with Crippen molar-refractivity contribution in [3.63, 3.8) is 0 Å². The second kappa shape index (κ2) is 4.89. The van der Waals surface area contributed by atoms with Crippen LogP contribution >= 0.6 is 23.2 Å². The highest BCUT2D eigenvalue weighted by Gasteiger charge is 2.31. The number of hydrogen-bond acceptors (Lipinski definition) is 5. The summed E-state index contributed by atoms with van der Waals surface area (Å²) in [7, 11) is 0. The van der Waals surface area contributed by atoms with Crippen LogP contribution < -0.4 is 0 Å². The fourth-order valence-corrected chi connectivity index (χ4v) is 1.66. The fraction of sp³-hybridized carbons (Fsp3) is 0.300. The molecule has 1 saturated heterocycles. The number of ether oxygens (including phenoxy) is 2. The zero-order valence-corrected chi connectivity index (χ0v) is 9.99. The quantitative estimate of drug-likeness (QED) is 0.609. The molecule has 0 aliphatic carbocycles. The summed E-state index contributed by atoms with van der Waals surface area (Å²) in [6.45, 7) is 0.244. The third kappa shape index (κ3) is 2.68. The van der Waals surface area contributed by atoms with Crippen molar-refractivity contribution in [2.24, 2.45) is 0 Å². The van der Waals surface area contributed by atoms with Gasteiger partial charge in [-0.25, -0.2) is 14.6 Å². The molecule has 0 spiro atoms. The molecular formula is C10H7Cl2NO4. The highest BCUT2D eigenvalue weighted by Crippen LogP contribution is 2.19. The lowest BCUT2D eigenvalue weighted by Gasteiger charge is -2.08. The normalized spacial score (nSPS) is 18.9. The Labute approximate surface area is 107 Å². The van der Waals surface area contributed by atoms with Crippen LogP contribution in [0.3, 0.4) is 0 Å². The number of hydrogen-bond donors (Lipinski definition) is 0. The van der Waals surface area contributed by atoms with Gasteiger partial charge in [0.1, 0.15) is 5.15 Å². The average molecular weight is 276 g/mol. The van der Waals surface area contributed by atoms with E-state index in [0.29, 0.717) is 6.42 Å². The molecule has 0 amide bonds. The molecule has 1 aromatic rings. The number of carbonyl (C=O) groups is 2. The zero-order chi connectivity index (χ0) is 12.4. The van der Waals surface area contributed by atoms with Crippen molar-refractivity contribution in [2.75, 3.05) is 6.61 Å². The van der Waals surface area contributed by atoms with Crippen molar-refractivity contribution in [3.8, 4) is 0 Å². The van der Waals surface area contributed by atoms with Gasteiger partial charge in [0.15, 0.2) is 5.69 Å². The Kier molecular flexibility index (Phi) is 3.49. The molecule has 0 bridgehead atoms. The summed E-state index contributed by atoms with van der Waals surface area (Å²) in [5.41, 5.74) is -0.112. The number of carbonyl (C=O) groups excluding carboxylic acids is 2. The summed E-state index contributed by atoms with van der Waals surface area (Å²) < 4.78 is 9.59. The predicted molar refractivity (Wildman–Crippen MR) is 59.0 cm³/mol. The smallest absolute Gasteiger partial charge is 0.359 e. The largest absolute Gasteiger partial charge is 0.463 e.